The highest BCUT2D eigenvalue weighted by Gasteiger charge is 2.28. The third-order valence-electron chi connectivity index (χ3n) is 2.74. The molecule has 2 rings (SSSR count). The topological polar surface area (TPSA) is 79.9 Å². The lowest BCUT2D eigenvalue weighted by molar-refractivity contribution is 0.200. The van der Waals surface area contributed by atoms with Crippen molar-refractivity contribution in [2.45, 2.75) is 0 Å². The first-order valence-electron chi connectivity index (χ1n) is 5.90. The number of hydrogen-bond acceptors (Lipinski definition) is 4. The Labute approximate surface area is 130 Å². The van der Waals surface area contributed by atoms with Crippen molar-refractivity contribution in [2.75, 3.05) is 13.1 Å². The molecule has 0 aromatic heterocycles. The van der Waals surface area contributed by atoms with Gasteiger partial charge in [0.1, 0.15) is 29.4 Å². The highest BCUT2D eigenvalue weighted by Crippen LogP contribution is 2.20. The van der Waals surface area contributed by atoms with Crippen LogP contribution in [-0.4, -0.2) is 30.1 Å². The minimum atomic E-state index is -0.649. The summed E-state index contributed by atoms with van der Waals surface area (Å²) in [7, 11) is 0. The predicted molar refractivity (Wildman–Crippen MR) is 75.9 cm³/mol. The zero-order valence-corrected chi connectivity index (χ0v) is 12.1. The van der Waals surface area contributed by atoms with Crippen LogP contribution in [0, 0.1) is 0 Å². The van der Waals surface area contributed by atoms with E-state index in [4.69, 9.17) is 23.7 Å². The minimum Gasteiger partial charge on any atom is -0.344 e. The molecule has 4 amide bonds. The van der Waals surface area contributed by atoms with Crippen molar-refractivity contribution in [3.63, 3.8) is 0 Å². The molecule has 1 heterocycles. The standard InChI is InChI=1S/C12H11Cl2N3O4/c13-20-10(21-14)9(8-4-2-1-3-5-8)16-12(19)17-7-6-15-11(17)18/h1-5H,6-7H2,(H,15,18)(H,16,19). The molecule has 1 aliphatic rings. The van der Waals surface area contributed by atoms with E-state index < -0.39 is 12.1 Å². The summed E-state index contributed by atoms with van der Waals surface area (Å²) in [6.45, 7) is 0.646. The third-order valence-corrected chi connectivity index (χ3v) is 3.02. The van der Waals surface area contributed by atoms with Gasteiger partial charge < -0.3 is 19.2 Å². The van der Waals surface area contributed by atoms with Crippen LogP contribution in [0.4, 0.5) is 9.59 Å². The molecule has 0 aliphatic carbocycles. The Bertz CT molecular complexity index is 559. The molecule has 0 radical (unpaired) electrons. The van der Waals surface area contributed by atoms with Crippen LogP contribution >= 0.6 is 23.7 Å². The lowest BCUT2D eigenvalue weighted by atomic mass is 10.1. The molecule has 21 heavy (non-hydrogen) atoms. The van der Waals surface area contributed by atoms with Crippen LogP contribution in [0.3, 0.4) is 0 Å². The van der Waals surface area contributed by atoms with E-state index in [2.05, 4.69) is 19.2 Å². The highest BCUT2D eigenvalue weighted by atomic mass is 35.5. The van der Waals surface area contributed by atoms with Gasteiger partial charge in [-0.3, -0.25) is 0 Å². The molecule has 0 unspecified atom stereocenters. The molecule has 0 atom stereocenters. The van der Waals surface area contributed by atoms with E-state index in [1.54, 1.807) is 30.3 Å². The number of halogens is 2. The summed E-state index contributed by atoms with van der Waals surface area (Å²) >= 11 is 10.5. The quantitative estimate of drug-likeness (QED) is 0.830. The molecule has 0 spiro atoms. The summed E-state index contributed by atoms with van der Waals surface area (Å²) < 4.78 is 8.94. The van der Waals surface area contributed by atoms with Gasteiger partial charge in [-0.25, -0.2) is 14.5 Å². The number of hydrogen-bond donors (Lipinski definition) is 2. The normalized spacial score (nSPS) is 13.4. The van der Waals surface area contributed by atoms with Gasteiger partial charge >= 0.3 is 18.0 Å². The second-order valence-corrected chi connectivity index (χ2v) is 4.31. The third kappa shape index (κ3) is 3.50. The first kappa shape index (κ1) is 15.3. The smallest absolute Gasteiger partial charge is 0.342 e. The predicted octanol–water partition coefficient (Wildman–Crippen LogP) is 2.39. The average molecular weight is 332 g/mol. The maximum Gasteiger partial charge on any atom is 0.342 e. The van der Waals surface area contributed by atoms with Crippen LogP contribution in [0.5, 0.6) is 0 Å². The number of imide groups is 1. The largest absolute Gasteiger partial charge is 0.344 e. The van der Waals surface area contributed by atoms with Crippen LogP contribution in [-0.2, 0) is 8.58 Å². The first-order chi connectivity index (χ1) is 10.2. The molecular formula is C12H11Cl2N3O4. The number of amides is 4. The Balaban J connectivity index is 2.27. The van der Waals surface area contributed by atoms with Gasteiger partial charge in [0, 0.05) is 18.7 Å². The molecule has 9 heteroatoms. The zero-order valence-electron chi connectivity index (χ0n) is 10.6. The van der Waals surface area contributed by atoms with Crippen LogP contribution in [0.25, 0.3) is 5.70 Å². The molecule has 2 N–H and O–H groups in total. The Morgan fingerprint density at radius 3 is 2.43 bits per heavy atom. The fourth-order valence-corrected chi connectivity index (χ4v) is 2.02. The second kappa shape index (κ2) is 7.05. The van der Waals surface area contributed by atoms with Gasteiger partial charge in [-0.15, -0.1) is 0 Å². The van der Waals surface area contributed by atoms with Gasteiger partial charge in [-0.2, -0.15) is 0 Å². The van der Waals surface area contributed by atoms with Gasteiger partial charge in [-0.05, 0) is 0 Å². The number of benzene rings is 1. The first-order valence-corrected chi connectivity index (χ1v) is 6.52. The molecule has 7 nitrogen and oxygen atoms in total. The molecule has 1 fully saturated rings. The Kier molecular flexibility index (Phi) is 5.13. The highest BCUT2D eigenvalue weighted by molar-refractivity contribution is 6.11. The molecule has 1 aliphatic heterocycles. The summed E-state index contributed by atoms with van der Waals surface area (Å²) in [6, 6.07) is 7.51. The second-order valence-electron chi connectivity index (χ2n) is 4.00. The van der Waals surface area contributed by atoms with Crippen LogP contribution in [0.15, 0.2) is 36.3 Å². The lowest BCUT2D eigenvalue weighted by Crippen LogP contribution is -2.41. The van der Waals surface area contributed by atoms with Crippen molar-refractivity contribution in [1.82, 2.24) is 15.5 Å². The minimum absolute atomic E-state index is 0.102. The van der Waals surface area contributed by atoms with E-state index in [0.717, 1.165) is 4.90 Å². The fourth-order valence-electron chi connectivity index (χ4n) is 1.77. The number of rotatable bonds is 4. The van der Waals surface area contributed by atoms with E-state index in [-0.39, 0.29) is 18.2 Å². The summed E-state index contributed by atoms with van der Waals surface area (Å²) in [4.78, 5) is 24.6. The number of carbonyl (C=O) groups is 2. The van der Waals surface area contributed by atoms with Crippen molar-refractivity contribution < 1.29 is 18.2 Å². The van der Waals surface area contributed by atoms with Gasteiger partial charge in [-0.1, -0.05) is 30.3 Å². The van der Waals surface area contributed by atoms with E-state index in [1.807, 2.05) is 0 Å². The molecule has 1 aromatic rings. The maximum atomic E-state index is 12.1. The van der Waals surface area contributed by atoms with Crippen molar-refractivity contribution in [3.8, 4) is 0 Å². The van der Waals surface area contributed by atoms with Crippen molar-refractivity contribution in [2.24, 2.45) is 0 Å². The number of urea groups is 2. The lowest BCUT2D eigenvalue weighted by Gasteiger charge is -2.16. The summed E-state index contributed by atoms with van der Waals surface area (Å²) in [5.41, 5.74) is 0.645. The Morgan fingerprint density at radius 1 is 1.24 bits per heavy atom. The van der Waals surface area contributed by atoms with Gasteiger partial charge in [0.2, 0.25) is 0 Å². The van der Waals surface area contributed by atoms with Crippen molar-refractivity contribution >= 4 is 41.5 Å². The maximum absolute atomic E-state index is 12.1. The van der Waals surface area contributed by atoms with Crippen LogP contribution < -0.4 is 10.6 Å². The molecular weight excluding hydrogens is 321 g/mol. The van der Waals surface area contributed by atoms with E-state index >= 15 is 0 Å². The van der Waals surface area contributed by atoms with Crippen molar-refractivity contribution in [1.29, 1.82) is 0 Å². The molecule has 1 aromatic carbocycles. The number of nitrogens with zero attached hydrogens (tertiary/aromatic N) is 1. The average Bonchev–Trinajstić information content (AvgIpc) is 2.94. The van der Waals surface area contributed by atoms with Gasteiger partial charge in [0.05, 0.1) is 0 Å². The van der Waals surface area contributed by atoms with Crippen LogP contribution in [0.2, 0.25) is 0 Å². The number of nitrogens with one attached hydrogen (secondary N) is 2. The van der Waals surface area contributed by atoms with Gasteiger partial charge in [0.25, 0.3) is 0 Å². The van der Waals surface area contributed by atoms with E-state index in [0.29, 0.717) is 12.1 Å². The molecule has 0 saturated carbocycles. The van der Waals surface area contributed by atoms with E-state index in [1.165, 1.54) is 0 Å². The van der Waals surface area contributed by atoms with E-state index in [9.17, 15) is 9.59 Å². The summed E-state index contributed by atoms with van der Waals surface area (Å²) in [5, 5.41) is 5.01. The Hall–Kier alpha value is -2.12. The SMILES string of the molecule is O=C1NCCN1C(=O)NC(=C(OCl)OCl)c1ccccc1. The monoisotopic (exact) mass is 331 g/mol. The number of carbonyl (C=O) groups excluding carboxylic acids is 2. The molecule has 0 bridgehead atoms. The van der Waals surface area contributed by atoms with Gasteiger partial charge in [0.15, 0.2) is 0 Å². The van der Waals surface area contributed by atoms with Crippen LogP contribution in [0.1, 0.15) is 5.56 Å². The molecule has 112 valence electrons. The summed E-state index contributed by atoms with van der Waals surface area (Å²) in [6.07, 6.45) is 0. The Morgan fingerprint density at radius 2 is 1.90 bits per heavy atom. The van der Waals surface area contributed by atoms with Crippen molar-refractivity contribution in [3.05, 3.63) is 41.8 Å². The fraction of sp³-hybridized carbons (Fsp3) is 0.167. The molecule has 1 saturated heterocycles. The summed E-state index contributed by atoms with van der Waals surface area (Å²) in [5.74, 6) is -0.308. The zero-order chi connectivity index (χ0) is 15.2.